The number of nitrogens with zero attached hydrogens (tertiary/aromatic N) is 5. The van der Waals surface area contributed by atoms with Gasteiger partial charge in [-0.25, -0.2) is 14.6 Å². The minimum absolute atomic E-state index is 0.0978. The number of rotatable bonds is 6. The Balaban J connectivity index is 1.44. The molecule has 0 spiro atoms. The summed E-state index contributed by atoms with van der Waals surface area (Å²) in [4.78, 5) is 35.1. The van der Waals surface area contributed by atoms with Crippen molar-refractivity contribution in [3.63, 3.8) is 0 Å². The summed E-state index contributed by atoms with van der Waals surface area (Å²) in [6.45, 7) is 0.592. The second-order valence-corrected chi connectivity index (χ2v) is 6.62. The molecule has 4 rings (SSSR count). The molecule has 0 radical (unpaired) electrons. The van der Waals surface area contributed by atoms with Crippen LogP contribution in [0.5, 0.6) is 5.75 Å². The van der Waals surface area contributed by atoms with Crippen LogP contribution < -0.4 is 15.0 Å². The van der Waals surface area contributed by atoms with Crippen molar-refractivity contribution in [2.45, 2.75) is 13.0 Å². The average Bonchev–Trinajstić information content (AvgIpc) is 3.42. The number of carbonyl (C=O) groups is 2. The highest BCUT2D eigenvalue weighted by Crippen LogP contribution is 2.32. The van der Waals surface area contributed by atoms with Gasteiger partial charge >= 0.3 is 0 Å². The monoisotopic (exact) mass is 392 g/mol. The summed E-state index contributed by atoms with van der Waals surface area (Å²) in [6, 6.07) is 11.0. The highest BCUT2D eigenvalue weighted by atomic mass is 16.5. The Morgan fingerprint density at radius 3 is 2.93 bits per heavy atom. The Morgan fingerprint density at radius 2 is 2.14 bits per heavy atom. The SMILES string of the molecule is COc1ccccc1N1CC(C(=O)NCc2cccnc2-n2cncn2)CC1=O. The van der Waals surface area contributed by atoms with E-state index in [1.807, 2.05) is 24.3 Å². The molecule has 1 aliphatic heterocycles. The first-order chi connectivity index (χ1) is 14.2. The zero-order valence-electron chi connectivity index (χ0n) is 15.9. The van der Waals surface area contributed by atoms with Crippen LogP contribution in [0.1, 0.15) is 12.0 Å². The number of nitrogens with one attached hydrogen (secondary N) is 1. The largest absolute Gasteiger partial charge is 0.495 e. The molecule has 1 saturated heterocycles. The second kappa shape index (κ2) is 8.09. The van der Waals surface area contributed by atoms with Crippen molar-refractivity contribution in [1.82, 2.24) is 25.1 Å². The third-order valence-electron chi connectivity index (χ3n) is 4.83. The summed E-state index contributed by atoms with van der Waals surface area (Å²) >= 11 is 0. The van der Waals surface area contributed by atoms with Crippen molar-refractivity contribution >= 4 is 17.5 Å². The van der Waals surface area contributed by atoms with Gasteiger partial charge in [0.1, 0.15) is 18.4 Å². The number of hydrogen-bond acceptors (Lipinski definition) is 6. The number of anilines is 1. The summed E-state index contributed by atoms with van der Waals surface area (Å²) in [5.74, 6) is 0.501. The van der Waals surface area contributed by atoms with Crippen LogP contribution in [-0.4, -0.2) is 45.2 Å². The normalized spacial score (nSPS) is 16.1. The molecule has 1 fully saturated rings. The quantitative estimate of drug-likeness (QED) is 0.679. The van der Waals surface area contributed by atoms with E-state index < -0.39 is 5.92 Å². The van der Waals surface area contributed by atoms with Gasteiger partial charge in [-0.05, 0) is 18.2 Å². The fourth-order valence-electron chi connectivity index (χ4n) is 3.39. The van der Waals surface area contributed by atoms with Crippen molar-refractivity contribution in [2.24, 2.45) is 5.92 Å². The maximum atomic E-state index is 12.7. The molecule has 1 N–H and O–H groups in total. The fraction of sp³-hybridized carbons (Fsp3) is 0.250. The van der Waals surface area contributed by atoms with E-state index in [9.17, 15) is 9.59 Å². The van der Waals surface area contributed by atoms with Gasteiger partial charge in [0, 0.05) is 31.3 Å². The smallest absolute Gasteiger partial charge is 0.227 e. The molecule has 1 atom stereocenters. The van der Waals surface area contributed by atoms with Crippen LogP contribution >= 0.6 is 0 Å². The van der Waals surface area contributed by atoms with E-state index in [1.165, 1.54) is 6.33 Å². The van der Waals surface area contributed by atoms with Gasteiger partial charge in [-0.1, -0.05) is 18.2 Å². The lowest BCUT2D eigenvalue weighted by molar-refractivity contribution is -0.126. The molecule has 9 nitrogen and oxygen atoms in total. The summed E-state index contributed by atoms with van der Waals surface area (Å²) < 4.78 is 6.89. The summed E-state index contributed by atoms with van der Waals surface area (Å²) in [5.41, 5.74) is 1.48. The third-order valence-corrected chi connectivity index (χ3v) is 4.83. The van der Waals surface area contributed by atoms with E-state index in [0.717, 1.165) is 5.56 Å². The molecule has 2 amide bonds. The van der Waals surface area contributed by atoms with Gasteiger partial charge in [0.15, 0.2) is 5.82 Å². The number of amides is 2. The second-order valence-electron chi connectivity index (χ2n) is 6.62. The first kappa shape index (κ1) is 18.6. The standard InChI is InChI=1S/C20H20N6O3/c1-29-17-7-3-2-6-16(17)25-11-15(9-18(25)27)20(28)23-10-14-5-4-8-22-19(14)26-13-21-12-24-26/h2-8,12-13,15H,9-11H2,1H3,(H,23,28). The van der Waals surface area contributed by atoms with Crippen LogP contribution in [0.15, 0.2) is 55.2 Å². The Hall–Kier alpha value is -3.75. The lowest BCUT2D eigenvalue weighted by atomic mass is 10.1. The minimum atomic E-state index is -0.432. The average molecular weight is 392 g/mol. The van der Waals surface area contributed by atoms with Gasteiger partial charge in [-0.2, -0.15) is 5.10 Å². The molecule has 9 heteroatoms. The number of aromatic nitrogens is 4. The predicted molar refractivity (Wildman–Crippen MR) is 104 cm³/mol. The van der Waals surface area contributed by atoms with Crippen molar-refractivity contribution in [1.29, 1.82) is 0 Å². The van der Waals surface area contributed by atoms with Crippen LogP contribution in [-0.2, 0) is 16.1 Å². The summed E-state index contributed by atoms with van der Waals surface area (Å²) in [5, 5.41) is 7.00. The molecule has 2 aromatic heterocycles. The number of methoxy groups -OCH3 is 1. The highest BCUT2D eigenvalue weighted by molar-refractivity contribution is 6.01. The molecule has 0 saturated carbocycles. The van der Waals surface area contributed by atoms with E-state index in [1.54, 1.807) is 41.3 Å². The van der Waals surface area contributed by atoms with Gasteiger partial charge in [0.05, 0.1) is 18.7 Å². The zero-order valence-corrected chi connectivity index (χ0v) is 15.9. The number of hydrogen-bond donors (Lipinski definition) is 1. The van der Waals surface area contributed by atoms with Crippen LogP contribution in [0.3, 0.4) is 0 Å². The molecule has 1 unspecified atom stereocenters. The maximum absolute atomic E-state index is 12.7. The van der Waals surface area contributed by atoms with E-state index >= 15 is 0 Å². The van der Waals surface area contributed by atoms with Gasteiger partial charge in [0.25, 0.3) is 0 Å². The Kier molecular flexibility index (Phi) is 5.19. The first-order valence-electron chi connectivity index (χ1n) is 9.17. The van der Waals surface area contributed by atoms with Gasteiger partial charge in [-0.15, -0.1) is 0 Å². The molecule has 1 aliphatic rings. The lowest BCUT2D eigenvalue weighted by Crippen LogP contribution is -2.33. The van der Waals surface area contributed by atoms with Gasteiger partial charge < -0.3 is 15.0 Å². The van der Waals surface area contributed by atoms with Crippen LogP contribution in [0.4, 0.5) is 5.69 Å². The topological polar surface area (TPSA) is 102 Å². The predicted octanol–water partition coefficient (Wildman–Crippen LogP) is 1.34. The molecule has 0 bridgehead atoms. The van der Waals surface area contributed by atoms with Crippen molar-refractivity contribution in [2.75, 3.05) is 18.6 Å². The third kappa shape index (κ3) is 3.79. The van der Waals surface area contributed by atoms with E-state index in [-0.39, 0.29) is 24.8 Å². The molecule has 0 aliphatic carbocycles. The Bertz CT molecular complexity index is 1020. The number of ether oxygens (including phenoxy) is 1. The summed E-state index contributed by atoms with van der Waals surface area (Å²) in [6.07, 6.45) is 4.79. The molecular weight excluding hydrogens is 372 g/mol. The van der Waals surface area contributed by atoms with E-state index in [4.69, 9.17) is 4.74 Å². The Labute approximate surface area is 167 Å². The van der Waals surface area contributed by atoms with Crippen molar-refractivity contribution in [3.05, 3.63) is 60.8 Å². The van der Waals surface area contributed by atoms with E-state index in [0.29, 0.717) is 23.8 Å². The molecule has 29 heavy (non-hydrogen) atoms. The first-order valence-corrected chi connectivity index (χ1v) is 9.17. The number of pyridine rings is 1. The molecule has 3 aromatic rings. The fourth-order valence-corrected chi connectivity index (χ4v) is 3.39. The highest BCUT2D eigenvalue weighted by Gasteiger charge is 2.36. The Morgan fingerprint density at radius 1 is 1.28 bits per heavy atom. The molecule has 1 aromatic carbocycles. The number of benzene rings is 1. The maximum Gasteiger partial charge on any atom is 0.227 e. The zero-order chi connectivity index (χ0) is 20.2. The van der Waals surface area contributed by atoms with Crippen LogP contribution in [0.25, 0.3) is 5.82 Å². The number of para-hydroxylation sites is 2. The molecule has 148 valence electrons. The lowest BCUT2D eigenvalue weighted by Gasteiger charge is -2.19. The van der Waals surface area contributed by atoms with Gasteiger partial charge in [0.2, 0.25) is 11.8 Å². The molecule has 3 heterocycles. The van der Waals surface area contributed by atoms with Crippen LogP contribution in [0.2, 0.25) is 0 Å². The van der Waals surface area contributed by atoms with Gasteiger partial charge in [-0.3, -0.25) is 9.59 Å². The van der Waals surface area contributed by atoms with Crippen molar-refractivity contribution in [3.8, 4) is 11.6 Å². The van der Waals surface area contributed by atoms with Crippen molar-refractivity contribution < 1.29 is 14.3 Å². The van der Waals surface area contributed by atoms with Crippen LogP contribution in [0, 0.1) is 5.92 Å². The molecular formula is C20H20N6O3. The minimum Gasteiger partial charge on any atom is -0.495 e. The summed E-state index contributed by atoms with van der Waals surface area (Å²) in [7, 11) is 1.56. The van der Waals surface area contributed by atoms with E-state index in [2.05, 4.69) is 20.4 Å². The number of carbonyl (C=O) groups excluding carboxylic acids is 2.